The topological polar surface area (TPSA) is 63.3 Å². The maximum absolute atomic E-state index is 12.3. The zero-order valence-corrected chi connectivity index (χ0v) is 12.5. The van der Waals surface area contributed by atoms with Crippen LogP contribution < -0.4 is 5.73 Å². The van der Waals surface area contributed by atoms with Gasteiger partial charge in [-0.15, -0.1) is 0 Å². The van der Waals surface area contributed by atoms with Gasteiger partial charge in [0, 0.05) is 17.9 Å². The zero-order valence-electron chi connectivity index (χ0n) is 12.5. The van der Waals surface area contributed by atoms with Gasteiger partial charge >= 0.3 is 0 Å². The van der Waals surface area contributed by atoms with Crippen LogP contribution in [-0.2, 0) is 4.79 Å². The van der Waals surface area contributed by atoms with Gasteiger partial charge in [-0.3, -0.25) is 4.79 Å². The Morgan fingerprint density at radius 2 is 2.10 bits per heavy atom. The Labute approximate surface area is 125 Å². The van der Waals surface area contributed by atoms with Gasteiger partial charge in [-0.05, 0) is 66.7 Å². The largest absolute Gasteiger partial charge is 0.508 e. The van der Waals surface area contributed by atoms with E-state index in [1.54, 1.807) is 6.07 Å². The predicted molar refractivity (Wildman–Crippen MR) is 81.0 cm³/mol. The Balaban J connectivity index is 1.77. The van der Waals surface area contributed by atoms with E-state index in [2.05, 4.69) is 13.0 Å². The lowest BCUT2D eigenvalue weighted by atomic mass is 9.55. The molecule has 0 radical (unpaired) electrons. The van der Waals surface area contributed by atoms with Crippen LogP contribution in [0.25, 0.3) is 0 Å². The van der Waals surface area contributed by atoms with Gasteiger partial charge in [0.1, 0.15) is 11.5 Å². The van der Waals surface area contributed by atoms with E-state index in [1.165, 1.54) is 5.56 Å². The smallest absolute Gasteiger partial charge is 0.139 e. The van der Waals surface area contributed by atoms with Crippen LogP contribution in [0.1, 0.15) is 62.1 Å². The number of fused-ring (bicyclic) bond motifs is 5. The van der Waals surface area contributed by atoms with Gasteiger partial charge in [0.2, 0.25) is 0 Å². The Morgan fingerprint density at radius 1 is 1.29 bits per heavy atom. The molecule has 3 N–H and O–H groups in total. The summed E-state index contributed by atoms with van der Waals surface area (Å²) in [6.45, 7) is 2.18. The van der Waals surface area contributed by atoms with Crippen molar-refractivity contribution < 1.29 is 9.90 Å². The number of nitrogens with two attached hydrogens (primary N) is 1. The first-order valence-electron chi connectivity index (χ1n) is 8.12. The highest BCUT2D eigenvalue weighted by Crippen LogP contribution is 2.60. The summed E-state index contributed by atoms with van der Waals surface area (Å²) in [6.07, 6.45) is 4.83. The fourth-order valence-corrected chi connectivity index (χ4v) is 5.41. The number of ketones is 1. The van der Waals surface area contributed by atoms with E-state index in [0.717, 1.165) is 37.7 Å². The fraction of sp³-hybridized carbons (Fsp3) is 0.611. The van der Waals surface area contributed by atoms with Gasteiger partial charge in [-0.25, -0.2) is 0 Å². The molecule has 2 fully saturated rings. The van der Waals surface area contributed by atoms with Crippen LogP contribution in [0.5, 0.6) is 5.75 Å². The summed E-state index contributed by atoms with van der Waals surface area (Å²) in [5.41, 5.74) is 8.72. The molecule has 3 nitrogen and oxygen atoms in total. The van der Waals surface area contributed by atoms with E-state index in [-0.39, 0.29) is 11.5 Å². The van der Waals surface area contributed by atoms with Crippen molar-refractivity contribution in [3.63, 3.8) is 0 Å². The number of aromatic hydroxyl groups is 1. The first-order chi connectivity index (χ1) is 10.0. The van der Waals surface area contributed by atoms with Crippen LogP contribution in [-0.4, -0.2) is 10.9 Å². The summed E-state index contributed by atoms with van der Waals surface area (Å²) < 4.78 is 0. The molecule has 0 aliphatic heterocycles. The standard InChI is InChI=1S/C18H23NO2/c1-18-7-6-12-11-3-2-10(20)8-14(11)16(19)9-13(12)15(18)4-5-17(18)21/h2-3,8,12-13,15-16,20H,4-7,9,19H2,1H3/t12-,13-,15+,16?,18+/m1/s1. The van der Waals surface area contributed by atoms with Crippen LogP contribution in [0.2, 0.25) is 0 Å². The second-order valence-electron chi connectivity index (χ2n) is 7.45. The molecule has 0 spiro atoms. The van der Waals surface area contributed by atoms with E-state index in [4.69, 9.17) is 5.73 Å². The first kappa shape index (κ1) is 13.3. The van der Waals surface area contributed by atoms with Gasteiger partial charge in [0.05, 0.1) is 0 Å². The van der Waals surface area contributed by atoms with Crippen molar-refractivity contribution in [3.05, 3.63) is 29.3 Å². The molecule has 1 aromatic carbocycles. The predicted octanol–water partition coefficient (Wildman–Crippen LogP) is 3.27. The van der Waals surface area contributed by atoms with Crippen molar-refractivity contribution in [2.45, 2.75) is 51.0 Å². The second-order valence-corrected chi connectivity index (χ2v) is 7.45. The summed E-state index contributed by atoms with van der Waals surface area (Å²) >= 11 is 0. The number of phenols is 1. The fourth-order valence-electron chi connectivity index (χ4n) is 5.41. The lowest BCUT2D eigenvalue weighted by molar-refractivity contribution is -0.129. The van der Waals surface area contributed by atoms with Crippen LogP contribution in [0.4, 0.5) is 0 Å². The summed E-state index contributed by atoms with van der Waals surface area (Å²) in [5, 5.41) is 9.73. The number of carbonyl (C=O) groups excluding carboxylic acids is 1. The molecule has 0 saturated heterocycles. The SMILES string of the molecule is C[C@]12CC[C@@H]3c4ccc(O)cc4C(N)C[C@H]3[C@@H]1CCC2=O. The minimum Gasteiger partial charge on any atom is -0.508 e. The average molecular weight is 285 g/mol. The molecule has 1 aromatic rings. The Morgan fingerprint density at radius 3 is 2.90 bits per heavy atom. The van der Waals surface area contributed by atoms with Gasteiger partial charge in [-0.1, -0.05) is 13.0 Å². The average Bonchev–Trinajstić information content (AvgIpc) is 2.76. The molecule has 3 aliphatic rings. The molecule has 5 atom stereocenters. The highest BCUT2D eigenvalue weighted by Gasteiger charge is 2.55. The minimum atomic E-state index is -0.102. The number of Topliss-reactive ketones (excluding diaryl/α,β-unsaturated/α-hetero) is 1. The summed E-state index contributed by atoms with van der Waals surface area (Å²) in [4.78, 5) is 12.3. The van der Waals surface area contributed by atoms with Crippen LogP contribution in [0.3, 0.4) is 0 Å². The molecular formula is C18H23NO2. The lowest BCUT2D eigenvalue weighted by Gasteiger charge is -2.49. The summed E-state index contributed by atoms with van der Waals surface area (Å²) in [5.74, 6) is 2.32. The van der Waals surface area contributed by atoms with Gasteiger partial charge in [0.25, 0.3) is 0 Å². The van der Waals surface area contributed by atoms with Crippen molar-refractivity contribution in [1.29, 1.82) is 0 Å². The quantitative estimate of drug-likeness (QED) is 0.769. The highest BCUT2D eigenvalue weighted by atomic mass is 16.3. The van der Waals surface area contributed by atoms with Gasteiger partial charge < -0.3 is 10.8 Å². The third-order valence-corrected chi connectivity index (χ3v) is 6.54. The van der Waals surface area contributed by atoms with Gasteiger partial charge in [0.15, 0.2) is 0 Å². The number of hydrogen-bond acceptors (Lipinski definition) is 3. The molecule has 2 saturated carbocycles. The molecule has 21 heavy (non-hydrogen) atoms. The van der Waals surface area contributed by atoms with Crippen LogP contribution >= 0.6 is 0 Å². The first-order valence-corrected chi connectivity index (χ1v) is 8.12. The lowest BCUT2D eigenvalue weighted by Crippen LogP contribution is -2.44. The monoisotopic (exact) mass is 285 g/mol. The summed E-state index contributed by atoms with van der Waals surface area (Å²) in [7, 11) is 0. The maximum atomic E-state index is 12.3. The third kappa shape index (κ3) is 1.73. The van der Waals surface area contributed by atoms with Crippen molar-refractivity contribution in [2.24, 2.45) is 23.0 Å². The number of carbonyl (C=O) groups is 1. The van der Waals surface area contributed by atoms with E-state index < -0.39 is 0 Å². The van der Waals surface area contributed by atoms with Crippen LogP contribution in [0, 0.1) is 17.3 Å². The molecular weight excluding hydrogens is 262 g/mol. The highest BCUT2D eigenvalue weighted by molar-refractivity contribution is 5.87. The second kappa shape index (κ2) is 4.33. The minimum absolute atomic E-state index is 0.00796. The molecule has 0 amide bonds. The van der Waals surface area contributed by atoms with Gasteiger partial charge in [-0.2, -0.15) is 0 Å². The number of phenolic OH excluding ortho intramolecular Hbond substituents is 1. The Bertz CT molecular complexity index is 611. The van der Waals surface area contributed by atoms with Crippen LogP contribution in [0.15, 0.2) is 18.2 Å². The number of rotatable bonds is 0. The summed E-state index contributed by atoms with van der Waals surface area (Å²) in [6, 6.07) is 5.66. The molecule has 1 unspecified atom stereocenters. The van der Waals surface area contributed by atoms with Crippen molar-refractivity contribution in [3.8, 4) is 5.75 Å². The maximum Gasteiger partial charge on any atom is 0.139 e. The molecule has 0 aromatic heterocycles. The number of benzene rings is 1. The molecule has 3 aliphatic carbocycles. The molecule has 0 heterocycles. The van der Waals surface area contributed by atoms with Crippen molar-refractivity contribution in [2.75, 3.05) is 0 Å². The Hall–Kier alpha value is -1.35. The van der Waals surface area contributed by atoms with E-state index in [9.17, 15) is 9.90 Å². The van der Waals surface area contributed by atoms with E-state index in [1.807, 2.05) is 6.07 Å². The van der Waals surface area contributed by atoms with E-state index in [0.29, 0.717) is 29.3 Å². The molecule has 3 heteroatoms. The van der Waals surface area contributed by atoms with Crippen molar-refractivity contribution >= 4 is 5.78 Å². The van der Waals surface area contributed by atoms with E-state index >= 15 is 0 Å². The normalized spacial score (nSPS) is 41.3. The molecule has 0 bridgehead atoms. The third-order valence-electron chi connectivity index (χ3n) is 6.54. The molecule has 4 rings (SSSR count). The zero-order chi connectivity index (χ0) is 14.8. The number of hydrogen-bond donors (Lipinski definition) is 2. The molecule has 112 valence electrons. The van der Waals surface area contributed by atoms with Crippen molar-refractivity contribution in [1.82, 2.24) is 0 Å². The Kier molecular flexibility index (Phi) is 2.74.